The predicted octanol–water partition coefficient (Wildman–Crippen LogP) is 5.32. The molecular weight excluding hydrogens is 276 g/mol. The Hall–Kier alpha value is -1.35. The first-order chi connectivity index (χ1) is 9.97. The molecule has 2 aromatic rings. The van der Waals surface area contributed by atoms with E-state index < -0.39 is 0 Å². The van der Waals surface area contributed by atoms with Crippen LogP contribution in [-0.4, -0.2) is 9.97 Å². The molecule has 0 N–H and O–H groups in total. The van der Waals surface area contributed by atoms with E-state index in [2.05, 4.69) is 63.9 Å². The molecule has 0 saturated heterocycles. The first-order valence-electron chi connectivity index (χ1n) is 7.52. The summed E-state index contributed by atoms with van der Waals surface area (Å²) in [5.74, 6) is 1.76. The summed E-state index contributed by atoms with van der Waals surface area (Å²) >= 11 is 1.79. The lowest BCUT2D eigenvalue weighted by Crippen LogP contribution is -2.03. The van der Waals surface area contributed by atoms with E-state index in [-0.39, 0.29) is 0 Å². The third-order valence-corrected chi connectivity index (χ3v) is 4.47. The maximum absolute atomic E-state index is 4.83. The quantitative estimate of drug-likeness (QED) is 0.698. The Labute approximate surface area is 132 Å². The lowest BCUT2D eigenvalue weighted by atomic mass is 10.1. The van der Waals surface area contributed by atoms with Gasteiger partial charge < -0.3 is 0 Å². The van der Waals surface area contributed by atoms with Crippen molar-refractivity contribution in [1.82, 2.24) is 9.97 Å². The molecule has 0 unspecified atom stereocenters. The summed E-state index contributed by atoms with van der Waals surface area (Å²) in [6.45, 7) is 10.8. The molecule has 1 heterocycles. The number of hydrogen-bond acceptors (Lipinski definition) is 3. The van der Waals surface area contributed by atoms with Gasteiger partial charge in [0.2, 0.25) is 0 Å². The van der Waals surface area contributed by atoms with Gasteiger partial charge in [-0.1, -0.05) is 69.3 Å². The van der Waals surface area contributed by atoms with Crippen LogP contribution >= 0.6 is 11.8 Å². The fourth-order valence-electron chi connectivity index (χ4n) is 2.01. The van der Waals surface area contributed by atoms with Crippen molar-refractivity contribution in [1.29, 1.82) is 0 Å². The average molecular weight is 300 g/mol. The standard InChI is InChI=1S/C18H24N2S/c1-12(2)16-10-19-17(13(3)4)18(20-16)21-11-15-8-6-14(5)7-9-15/h6-10,12-13H,11H2,1-5H3. The van der Waals surface area contributed by atoms with E-state index in [1.807, 2.05) is 6.20 Å². The summed E-state index contributed by atoms with van der Waals surface area (Å²) in [5, 5.41) is 1.08. The molecule has 1 aromatic heterocycles. The molecule has 0 amide bonds. The second-order valence-corrected chi connectivity index (χ2v) is 7.03. The first-order valence-corrected chi connectivity index (χ1v) is 8.51. The zero-order chi connectivity index (χ0) is 15.4. The lowest BCUT2D eigenvalue weighted by molar-refractivity contribution is 0.724. The van der Waals surface area contributed by atoms with Gasteiger partial charge in [0.15, 0.2) is 0 Å². The second kappa shape index (κ2) is 7.08. The van der Waals surface area contributed by atoms with Gasteiger partial charge in [-0.05, 0) is 24.3 Å². The monoisotopic (exact) mass is 300 g/mol. The van der Waals surface area contributed by atoms with Crippen LogP contribution < -0.4 is 0 Å². The third kappa shape index (κ3) is 4.31. The second-order valence-electron chi connectivity index (χ2n) is 6.07. The van der Waals surface area contributed by atoms with Crippen LogP contribution in [0.5, 0.6) is 0 Å². The fourth-order valence-corrected chi connectivity index (χ4v) is 3.11. The number of aryl methyl sites for hydroxylation is 1. The molecule has 2 rings (SSSR count). The van der Waals surface area contributed by atoms with Crippen molar-refractivity contribution in [2.45, 2.75) is 57.2 Å². The van der Waals surface area contributed by atoms with E-state index in [1.165, 1.54) is 11.1 Å². The van der Waals surface area contributed by atoms with Gasteiger partial charge >= 0.3 is 0 Å². The molecule has 2 nitrogen and oxygen atoms in total. The number of aromatic nitrogens is 2. The maximum Gasteiger partial charge on any atom is 0.118 e. The molecule has 0 aliphatic heterocycles. The number of nitrogens with zero attached hydrogens (tertiary/aromatic N) is 2. The largest absolute Gasteiger partial charge is 0.256 e. The van der Waals surface area contributed by atoms with Crippen LogP contribution in [0.1, 0.15) is 62.0 Å². The number of thioether (sulfide) groups is 1. The summed E-state index contributed by atoms with van der Waals surface area (Å²) < 4.78 is 0. The third-order valence-electron chi connectivity index (χ3n) is 3.42. The van der Waals surface area contributed by atoms with Crippen molar-refractivity contribution < 1.29 is 0 Å². The zero-order valence-electron chi connectivity index (χ0n) is 13.6. The molecule has 1 aromatic carbocycles. The SMILES string of the molecule is Cc1ccc(CSc2nc(C(C)C)cnc2C(C)C)cc1. The van der Waals surface area contributed by atoms with Gasteiger partial charge in [0.1, 0.15) is 5.03 Å². The van der Waals surface area contributed by atoms with Gasteiger partial charge in [-0.3, -0.25) is 4.98 Å². The minimum Gasteiger partial charge on any atom is -0.256 e. The van der Waals surface area contributed by atoms with Crippen LogP contribution in [0.3, 0.4) is 0 Å². The van der Waals surface area contributed by atoms with E-state index in [1.54, 1.807) is 11.8 Å². The molecule has 3 heteroatoms. The van der Waals surface area contributed by atoms with Gasteiger partial charge in [-0.2, -0.15) is 0 Å². The Morgan fingerprint density at radius 2 is 1.67 bits per heavy atom. The van der Waals surface area contributed by atoms with Gasteiger partial charge in [0.05, 0.1) is 11.4 Å². The minimum atomic E-state index is 0.402. The molecule has 0 spiro atoms. The summed E-state index contributed by atoms with van der Waals surface area (Å²) in [6.07, 6.45) is 1.93. The van der Waals surface area contributed by atoms with Crippen molar-refractivity contribution in [2.24, 2.45) is 0 Å². The molecule has 0 bridgehead atoms. The van der Waals surface area contributed by atoms with E-state index in [0.717, 1.165) is 22.2 Å². The molecule has 112 valence electrons. The Morgan fingerprint density at radius 3 is 2.24 bits per heavy atom. The van der Waals surface area contributed by atoms with Crippen LogP contribution in [0.25, 0.3) is 0 Å². The molecule has 0 saturated carbocycles. The molecule has 0 radical (unpaired) electrons. The van der Waals surface area contributed by atoms with Gasteiger partial charge in [-0.15, -0.1) is 0 Å². The highest BCUT2D eigenvalue weighted by Gasteiger charge is 2.13. The molecule has 0 aliphatic carbocycles. The van der Waals surface area contributed by atoms with Gasteiger partial charge in [0, 0.05) is 11.9 Å². The van der Waals surface area contributed by atoms with Crippen LogP contribution in [0.15, 0.2) is 35.5 Å². The minimum absolute atomic E-state index is 0.402. The highest BCUT2D eigenvalue weighted by atomic mass is 32.2. The predicted molar refractivity (Wildman–Crippen MR) is 91.0 cm³/mol. The van der Waals surface area contributed by atoms with Crippen LogP contribution in [0.2, 0.25) is 0 Å². The van der Waals surface area contributed by atoms with Crippen molar-refractivity contribution in [3.8, 4) is 0 Å². The summed E-state index contributed by atoms with van der Waals surface area (Å²) in [5.41, 5.74) is 4.81. The number of rotatable bonds is 5. The van der Waals surface area contributed by atoms with E-state index in [0.29, 0.717) is 11.8 Å². The number of benzene rings is 1. The smallest absolute Gasteiger partial charge is 0.118 e. The first kappa shape index (κ1) is 16.0. The summed E-state index contributed by atoms with van der Waals surface area (Å²) in [4.78, 5) is 9.47. The molecule has 0 atom stereocenters. The average Bonchev–Trinajstić information content (AvgIpc) is 2.46. The number of hydrogen-bond donors (Lipinski definition) is 0. The Kier molecular flexibility index (Phi) is 5.40. The highest BCUT2D eigenvalue weighted by Crippen LogP contribution is 2.29. The van der Waals surface area contributed by atoms with Crippen LogP contribution in [0.4, 0.5) is 0 Å². The zero-order valence-corrected chi connectivity index (χ0v) is 14.4. The molecular formula is C18H24N2S. The fraction of sp³-hybridized carbons (Fsp3) is 0.444. The Balaban J connectivity index is 2.20. The lowest BCUT2D eigenvalue weighted by Gasteiger charge is -2.13. The van der Waals surface area contributed by atoms with Crippen molar-refractivity contribution in [3.05, 3.63) is 53.0 Å². The Morgan fingerprint density at radius 1 is 1.00 bits per heavy atom. The van der Waals surface area contributed by atoms with Crippen molar-refractivity contribution >= 4 is 11.8 Å². The Bertz CT molecular complexity index is 589. The summed E-state index contributed by atoms with van der Waals surface area (Å²) in [6, 6.07) is 8.71. The highest BCUT2D eigenvalue weighted by molar-refractivity contribution is 7.98. The van der Waals surface area contributed by atoms with Gasteiger partial charge in [0.25, 0.3) is 0 Å². The van der Waals surface area contributed by atoms with E-state index in [4.69, 9.17) is 4.98 Å². The van der Waals surface area contributed by atoms with Crippen molar-refractivity contribution in [3.63, 3.8) is 0 Å². The van der Waals surface area contributed by atoms with Crippen molar-refractivity contribution in [2.75, 3.05) is 0 Å². The normalized spacial score (nSPS) is 11.4. The van der Waals surface area contributed by atoms with Crippen LogP contribution in [0, 0.1) is 6.92 Å². The van der Waals surface area contributed by atoms with Gasteiger partial charge in [-0.25, -0.2) is 4.98 Å². The maximum atomic E-state index is 4.83. The molecule has 0 fully saturated rings. The van der Waals surface area contributed by atoms with E-state index >= 15 is 0 Å². The topological polar surface area (TPSA) is 25.8 Å². The van der Waals surface area contributed by atoms with E-state index in [9.17, 15) is 0 Å². The summed E-state index contributed by atoms with van der Waals surface area (Å²) in [7, 11) is 0. The van der Waals surface area contributed by atoms with Crippen LogP contribution in [-0.2, 0) is 5.75 Å². The molecule has 0 aliphatic rings. The molecule has 21 heavy (non-hydrogen) atoms.